The van der Waals surface area contributed by atoms with Crippen molar-refractivity contribution >= 4 is 5.97 Å². The minimum atomic E-state index is 0.0260. The first kappa shape index (κ1) is 11.9. The van der Waals surface area contributed by atoms with Gasteiger partial charge in [0.15, 0.2) is 0 Å². The van der Waals surface area contributed by atoms with E-state index >= 15 is 0 Å². The average molecular weight is 225 g/mol. The van der Waals surface area contributed by atoms with Crippen molar-refractivity contribution in [1.82, 2.24) is 4.90 Å². The van der Waals surface area contributed by atoms with Crippen LogP contribution in [0, 0.1) is 0 Å². The number of nitrogens with zero attached hydrogens (tertiary/aromatic N) is 1. The molecule has 0 bridgehead atoms. The second-order valence-corrected chi connectivity index (χ2v) is 5.33. The van der Waals surface area contributed by atoms with E-state index in [9.17, 15) is 4.79 Å². The van der Waals surface area contributed by atoms with Gasteiger partial charge in [0.2, 0.25) is 0 Å². The van der Waals surface area contributed by atoms with Gasteiger partial charge >= 0.3 is 5.97 Å². The molecule has 0 unspecified atom stereocenters. The Hall–Kier alpha value is -0.570. The normalized spacial score (nSPS) is 27.8. The quantitative estimate of drug-likeness (QED) is 0.690. The van der Waals surface area contributed by atoms with E-state index in [4.69, 9.17) is 4.74 Å². The number of carbonyl (C=O) groups excluding carboxylic acids is 1. The maximum atomic E-state index is 12.1. The molecule has 0 aromatic rings. The molecule has 1 atom stereocenters. The fourth-order valence-electron chi connectivity index (χ4n) is 2.91. The second kappa shape index (κ2) is 5.17. The van der Waals surface area contributed by atoms with Crippen LogP contribution in [0.25, 0.3) is 0 Å². The molecule has 3 nitrogen and oxygen atoms in total. The molecular weight excluding hydrogens is 202 g/mol. The smallest absolute Gasteiger partial charge is 0.323 e. The lowest BCUT2D eigenvalue weighted by Gasteiger charge is -2.27. The highest BCUT2D eigenvalue weighted by molar-refractivity contribution is 5.76. The number of esters is 1. The molecule has 0 aromatic heterocycles. The Bertz CT molecular complexity index is 246. The Kier molecular flexibility index (Phi) is 3.85. The molecule has 2 aliphatic rings. The Balaban J connectivity index is 1.87. The van der Waals surface area contributed by atoms with Gasteiger partial charge in [-0.15, -0.1) is 0 Å². The van der Waals surface area contributed by atoms with Crippen molar-refractivity contribution < 1.29 is 9.53 Å². The highest BCUT2D eigenvalue weighted by Gasteiger charge is 2.34. The predicted octanol–water partition coefficient (Wildman–Crippen LogP) is 2.35. The maximum absolute atomic E-state index is 12.1. The highest BCUT2D eigenvalue weighted by Crippen LogP contribution is 2.25. The molecule has 2 fully saturated rings. The standard InChI is InChI=1S/C13H23NO2/c1-10(2)14-9-5-8-12(14)13(15)16-11-6-3-4-7-11/h10-12H,3-9H2,1-2H3/t12-/m0/s1. The lowest BCUT2D eigenvalue weighted by molar-refractivity contribution is -0.154. The van der Waals surface area contributed by atoms with Crippen LogP contribution in [-0.4, -0.2) is 35.6 Å². The Labute approximate surface area is 98.1 Å². The molecule has 1 heterocycles. The van der Waals surface area contributed by atoms with Crippen LogP contribution in [0.15, 0.2) is 0 Å². The molecule has 0 aromatic carbocycles. The van der Waals surface area contributed by atoms with Crippen LogP contribution < -0.4 is 0 Å². The number of ether oxygens (including phenoxy) is 1. The minimum absolute atomic E-state index is 0.0260. The summed E-state index contributed by atoms with van der Waals surface area (Å²) >= 11 is 0. The van der Waals surface area contributed by atoms with Crippen LogP contribution in [0.1, 0.15) is 52.4 Å². The minimum Gasteiger partial charge on any atom is -0.461 e. The number of hydrogen-bond acceptors (Lipinski definition) is 3. The summed E-state index contributed by atoms with van der Waals surface area (Å²) in [6.45, 7) is 5.35. The number of hydrogen-bond donors (Lipinski definition) is 0. The summed E-state index contributed by atoms with van der Waals surface area (Å²) in [6, 6.07) is 0.476. The van der Waals surface area contributed by atoms with E-state index in [0.717, 1.165) is 32.2 Å². The Morgan fingerprint density at radius 3 is 2.50 bits per heavy atom. The number of rotatable bonds is 3. The highest BCUT2D eigenvalue weighted by atomic mass is 16.5. The van der Waals surface area contributed by atoms with Gasteiger partial charge in [0.25, 0.3) is 0 Å². The van der Waals surface area contributed by atoms with Crippen molar-refractivity contribution in [3.05, 3.63) is 0 Å². The zero-order valence-electron chi connectivity index (χ0n) is 10.4. The third-order valence-electron chi connectivity index (χ3n) is 3.81. The molecule has 0 spiro atoms. The topological polar surface area (TPSA) is 29.5 Å². The summed E-state index contributed by atoms with van der Waals surface area (Å²) in [4.78, 5) is 14.3. The van der Waals surface area contributed by atoms with Crippen LogP contribution in [0.2, 0.25) is 0 Å². The molecule has 2 rings (SSSR count). The van der Waals surface area contributed by atoms with Gasteiger partial charge in [-0.05, 0) is 58.9 Å². The van der Waals surface area contributed by atoms with Gasteiger partial charge in [0.1, 0.15) is 12.1 Å². The third kappa shape index (κ3) is 2.57. The molecule has 0 N–H and O–H groups in total. The lowest BCUT2D eigenvalue weighted by atomic mass is 10.2. The van der Waals surface area contributed by atoms with Gasteiger partial charge in [0, 0.05) is 6.04 Å². The largest absolute Gasteiger partial charge is 0.461 e. The molecule has 0 radical (unpaired) electrons. The molecule has 16 heavy (non-hydrogen) atoms. The predicted molar refractivity (Wildman–Crippen MR) is 63.2 cm³/mol. The van der Waals surface area contributed by atoms with Crippen molar-refractivity contribution in [3.63, 3.8) is 0 Å². The summed E-state index contributed by atoms with van der Waals surface area (Å²) in [6.07, 6.45) is 6.89. The third-order valence-corrected chi connectivity index (χ3v) is 3.81. The first-order chi connectivity index (χ1) is 7.68. The van der Waals surface area contributed by atoms with E-state index in [1.54, 1.807) is 0 Å². The SMILES string of the molecule is CC(C)N1CCC[C@H]1C(=O)OC1CCCC1. The fraction of sp³-hybridized carbons (Fsp3) is 0.923. The fourth-order valence-corrected chi connectivity index (χ4v) is 2.91. The van der Waals surface area contributed by atoms with Gasteiger partial charge in [-0.3, -0.25) is 9.69 Å². The summed E-state index contributed by atoms with van der Waals surface area (Å²) < 4.78 is 5.60. The first-order valence-corrected chi connectivity index (χ1v) is 6.64. The molecular formula is C13H23NO2. The molecule has 92 valence electrons. The molecule has 0 amide bonds. The zero-order valence-corrected chi connectivity index (χ0v) is 10.4. The molecule has 1 aliphatic carbocycles. The lowest BCUT2D eigenvalue weighted by Crippen LogP contribution is -2.42. The van der Waals surface area contributed by atoms with E-state index in [1.165, 1.54) is 12.8 Å². The van der Waals surface area contributed by atoms with Crippen LogP contribution >= 0.6 is 0 Å². The monoisotopic (exact) mass is 225 g/mol. The van der Waals surface area contributed by atoms with Crippen molar-refractivity contribution in [2.45, 2.75) is 70.6 Å². The number of likely N-dealkylation sites (tertiary alicyclic amines) is 1. The maximum Gasteiger partial charge on any atom is 0.323 e. The molecule has 1 aliphatic heterocycles. The van der Waals surface area contributed by atoms with Gasteiger partial charge in [0.05, 0.1) is 0 Å². The van der Waals surface area contributed by atoms with Crippen LogP contribution in [0.4, 0.5) is 0 Å². The van der Waals surface area contributed by atoms with Crippen molar-refractivity contribution in [3.8, 4) is 0 Å². The summed E-state index contributed by atoms with van der Waals surface area (Å²) in [5.41, 5.74) is 0. The van der Waals surface area contributed by atoms with Gasteiger partial charge in [-0.25, -0.2) is 0 Å². The Morgan fingerprint density at radius 1 is 1.19 bits per heavy atom. The average Bonchev–Trinajstić information content (AvgIpc) is 2.86. The van der Waals surface area contributed by atoms with E-state index in [-0.39, 0.29) is 18.1 Å². The van der Waals surface area contributed by atoms with Gasteiger partial charge in [-0.1, -0.05) is 0 Å². The van der Waals surface area contributed by atoms with Crippen molar-refractivity contribution in [1.29, 1.82) is 0 Å². The number of carbonyl (C=O) groups is 1. The first-order valence-electron chi connectivity index (χ1n) is 6.64. The van der Waals surface area contributed by atoms with Crippen molar-refractivity contribution in [2.24, 2.45) is 0 Å². The van der Waals surface area contributed by atoms with E-state index in [0.29, 0.717) is 6.04 Å². The molecule has 3 heteroatoms. The van der Waals surface area contributed by atoms with E-state index in [2.05, 4.69) is 18.7 Å². The summed E-state index contributed by atoms with van der Waals surface area (Å²) in [5, 5.41) is 0. The van der Waals surface area contributed by atoms with E-state index < -0.39 is 0 Å². The van der Waals surface area contributed by atoms with E-state index in [1.807, 2.05) is 0 Å². The van der Waals surface area contributed by atoms with Crippen molar-refractivity contribution in [2.75, 3.05) is 6.54 Å². The van der Waals surface area contributed by atoms with Gasteiger partial charge < -0.3 is 4.74 Å². The van der Waals surface area contributed by atoms with Crippen LogP contribution in [0.5, 0.6) is 0 Å². The summed E-state index contributed by atoms with van der Waals surface area (Å²) in [7, 11) is 0. The zero-order chi connectivity index (χ0) is 11.5. The Morgan fingerprint density at radius 2 is 1.88 bits per heavy atom. The van der Waals surface area contributed by atoms with Crippen LogP contribution in [0.3, 0.4) is 0 Å². The summed E-state index contributed by atoms with van der Waals surface area (Å²) in [5.74, 6) is 0.0260. The second-order valence-electron chi connectivity index (χ2n) is 5.33. The van der Waals surface area contributed by atoms with Crippen LogP contribution in [-0.2, 0) is 9.53 Å². The molecule has 1 saturated heterocycles. The molecule has 1 saturated carbocycles. The van der Waals surface area contributed by atoms with Gasteiger partial charge in [-0.2, -0.15) is 0 Å².